The molecule has 0 radical (unpaired) electrons. The van der Waals surface area contributed by atoms with Crippen molar-refractivity contribution in [3.05, 3.63) is 143 Å². The summed E-state index contributed by atoms with van der Waals surface area (Å²) in [5, 5.41) is 2.25. The molecule has 3 aliphatic carbocycles. The molecule has 3 atom stereocenters. The quantitative estimate of drug-likeness (QED) is 0.269. The summed E-state index contributed by atoms with van der Waals surface area (Å²) in [6.07, 6.45) is 27.0. The van der Waals surface area contributed by atoms with E-state index in [2.05, 4.69) is 126 Å². The first-order valence-corrected chi connectivity index (χ1v) is 13.2. The monoisotopic (exact) mass is 471 g/mol. The third kappa shape index (κ3) is 5.12. The van der Waals surface area contributed by atoms with Gasteiger partial charge in [0.2, 0.25) is 0 Å². The predicted molar refractivity (Wildman–Crippen MR) is 149 cm³/mol. The van der Waals surface area contributed by atoms with Crippen LogP contribution in [-0.2, 0) is 6.54 Å². The number of amidine groups is 1. The second-order valence-electron chi connectivity index (χ2n) is 9.93. The lowest BCUT2D eigenvalue weighted by molar-refractivity contribution is 0.647. The van der Waals surface area contributed by atoms with Gasteiger partial charge in [-0.3, -0.25) is 10.0 Å². The van der Waals surface area contributed by atoms with Crippen LogP contribution in [0.25, 0.3) is 0 Å². The molecule has 0 amide bonds. The minimum atomic E-state index is 0.185. The lowest BCUT2D eigenvalue weighted by atomic mass is 9.83. The third-order valence-corrected chi connectivity index (χ3v) is 7.46. The molecule has 1 aliphatic heterocycles. The summed E-state index contributed by atoms with van der Waals surface area (Å²) in [6.45, 7) is 0.699. The molecule has 3 nitrogen and oxygen atoms in total. The number of aliphatic imine (C=N–C) groups is 1. The zero-order valence-electron chi connectivity index (χ0n) is 20.6. The smallest absolute Gasteiger partial charge is 0.139 e. The number of nitrogens with zero attached hydrogens (tertiary/aromatic N) is 2. The highest BCUT2D eigenvalue weighted by Crippen LogP contribution is 2.37. The van der Waals surface area contributed by atoms with Gasteiger partial charge in [0.1, 0.15) is 12.0 Å². The Kier molecular flexibility index (Phi) is 6.64. The molecule has 36 heavy (non-hydrogen) atoms. The maximum absolute atomic E-state index is 5.07. The molecule has 3 unspecified atom stereocenters. The molecule has 3 heteroatoms. The Morgan fingerprint density at radius 1 is 0.833 bits per heavy atom. The second-order valence-corrected chi connectivity index (χ2v) is 9.93. The molecule has 2 aromatic rings. The number of hydrogen-bond donors (Lipinski definition) is 1. The molecule has 6 rings (SSSR count). The minimum Gasteiger partial charge on any atom is -0.269 e. The van der Waals surface area contributed by atoms with Crippen LogP contribution in [0.2, 0.25) is 0 Å². The fourth-order valence-electron chi connectivity index (χ4n) is 5.36. The summed E-state index contributed by atoms with van der Waals surface area (Å²) in [7, 11) is 0. The largest absolute Gasteiger partial charge is 0.269 e. The summed E-state index contributed by atoms with van der Waals surface area (Å²) in [6, 6.07) is 19.7. The van der Waals surface area contributed by atoms with E-state index >= 15 is 0 Å². The van der Waals surface area contributed by atoms with E-state index in [1.165, 1.54) is 27.8 Å². The molecule has 0 saturated carbocycles. The first kappa shape index (κ1) is 22.8. The van der Waals surface area contributed by atoms with Crippen molar-refractivity contribution >= 4 is 5.84 Å². The van der Waals surface area contributed by atoms with E-state index in [1.54, 1.807) is 0 Å². The van der Waals surface area contributed by atoms with Crippen LogP contribution < -0.4 is 5.43 Å². The summed E-state index contributed by atoms with van der Waals surface area (Å²) < 4.78 is 0. The van der Waals surface area contributed by atoms with Crippen molar-refractivity contribution in [1.82, 2.24) is 10.4 Å². The van der Waals surface area contributed by atoms with Crippen molar-refractivity contribution in [3.63, 3.8) is 0 Å². The zero-order valence-corrected chi connectivity index (χ0v) is 20.6. The summed E-state index contributed by atoms with van der Waals surface area (Å²) >= 11 is 0. The van der Waals surface area contributed by atoms with Gasteiger partial charge in [-0.05, 0) is 53.5 Å². The molecular formula is C33H33N3. The van der Waals surface area contributed by atoms with Crippen molar-refractivity contribution in [2.45, 2.75) is 44.3 Å². The van der Waals surface area contributed by atoms with Crippen molar-refractivity contribution in [2.24, 2.45) is 10.9 Å². The molecule has 1 fully saturated rings. The average molecular weight is 472 g/mol. The Morgan fingerprint density at radius 3 is 2.44 bits per heavy atom. The highest BCUT2D eigenvalue weighted by atomic mass is 15.8. The van der Waals surface area contributed by atoms with Crippen molar-refractivity contribution in [3.8, 4) is 0 Å². The number of nitrogens with one attached hydrogen (secondary N) is 1. The first-order chi connectivity index (χ1) is 17.8. The van der Waals surface area contributed by atoms with E-state index < -0.39 is 0 Å². The lowest BCUT2D eigenvalue weighted by Crippen LogP contribution is -2.24. The fraction of sp³-hybridized carbons (Fsp3) is 0.242. The van der Waals surface area contributed by atoms with Crippen LogP contribution in [0.3, 0.4) is 0 Å². The van der Waals surface area contributed by atoms with Crippen LogP contribution in [0.5, 0.6) is 0 Å². The minimum absolute atomic E-state index is 0.185. The van der Waals surface area contributed by atoms with Crippen LogP contribution >= 0.6 is 0 Å². The second kappa shape index (κ2) is 10.5. The molecule has 1 heterocycles. The van der Waals surface area contributed by atoms with Crippen LogP contribution in [-0.4, -0.2) is 10.8 Å². The van der Waals surface area contributed by atoms with Gasteiger partial charge in [-0.1, -0.05) is 115 Å². The SMILES string of the molecule is C1=CCCC(C2=CC=CC(c3ccc(C4NN4C(=NCc4ccccc4)C4C=CC=CC4)cc3)C2)=C1. The van der Waals surface area contributed by atoms with Crippen LogP contribution in [0.15, 0.2) is 131 Å². The van der Waals surface area contributed by atoms with E-state index in [0.717, 1.165) is 31.5 Å². The normalized spacial score (nSPS) is 25.1. The molecule has 1 N–H and O–H groups in total. The molecule has 4 aliphatic rings. The predicted octanol–water partition coefficient (Wildman–Crippen LogP) is 7.48. The first-order valence-electron chi connectivity index (χ1n) is 13.2. The van der Waals surface area contributed by atoms with Gasteiger partial charge >= 0.3 is 0 Å². The van der Waals surface area contributed by atoms with Gasteiger partial charge in [0.15, 0.2) is 0 Å². The maximum atomic E-state index is 5.07. The molecule has 2 aromatic carbocycles. The maximum Gasteiger partial charge on any atom is 0.139 e. The Hall–Kier alpha value is -3.69. The number of allylic oxidation sites excluding steroid dienone is 11. The van der Waals surface area contributed by atoms with Crippen molar-refractivity contribution in [1.29, 1.82) is 0 Å². The van der Waals surface area contributed by atoms with E-state index in [0.29, 0.717) is 18.4 Å². The van der Waals surface area contributed by atoms with Crippen molar-refractivity contribution < 1.29 is 0 Å². The van der Waals surface area contributed by atoms with E-state index in [9.17, 15) is 0 Å². The van der Waals surface area contributed by atoms with Gasteiger partial charge < -0.3 is 0 Å². The number of benzene rings is 2. The lowest BCUT2D eigenvalue weighted by Gasteiger charge is -2.22. The van der Waals surface area contributed by atoms with Crippen LogP contribution in [0, 0.1) is 5.92 Å². The molecule has 1 saturated heterocycles. The number of hydrogen-bond acceptors (Lipinski definition) is 2. The third-order valence-electron chi connectivity index (χ3n) is 7.46. The average Bonchev–Trinajstić information content (AvgIpc) is 3.76. The van der Waals surface area contributed by atoms with Crippen molar-refractivity contribution in [2.75, 3.05) is 0 Å². The summed E-state index contributed by atoms with van der Waals surface area (Å²) in [5.41, 5.74) is 10.5. The van der Waals surface area contributed by atoms with Gasteiger partial charge in [0.05, 0.1) is 6.54 Å². The van der Waals surface area contributed by atoms with Crippen LogP contribution in [0.4, 0.5) is 0 Å². The Labute approximate surface area is 214 Å². The molecule has 0 spiro atoms. The van der Waals surface area contributed by atoms with Gasteiger partial charge in [-0.15, -0.1) is 0 Å². The topological polar surface area (TPSA) is 37.3 Å². The summed E-state index contributed by atoms with van der Waals surface area (Å²) in [5.74, 6) is 1.86. The molecule has 180 valence electrons. The fourth-order valence-corrected chi connectivity index (χ4v) is 5.36. The van der Waals surface area contributed by atoms with Gasteiger partial charge in [0.25, 0.3) is 0 Å². The van der Waals surface area contributed by atoms with Gasteiger partial charge in [-0.2, -0.15) is 0 Å². The highest BCUT2D eigenvalue weighted by molar-refractivity contribution is 5.88. The Balaban J connectivity index is 1.15. The molecule has 0 bridgehead atoms. The van der Waals surface area contributed by atoms with Gasteiger partial charge in [-0.25, -0.2) is 5.43 Å². The standard InChI is InChI=1S/C33H33N3/c1-4-11-25(12-5-1)24-34-32(28-15-8-3-9-16-28)36-33(35-36)29-21-19-27(20-22-29)31-18-10-17-30(23-31)26-13-6-2-7-14-26/h1-6,8-13,15,17-22,28,31,33,35H,7,14,16,23-24H2. The van der Waals surface area contributed by atoms with E-state index in [1.807, 2.05) is 0 Å². The van der Waals surface area contributed by atoms with E-state index in [-0.39, 0.29) is 6.17 Å². The zero-order chi connectivity index (χ0) is 24.2. The Bertz CT molecular complexity index is 1290. The van der Waals surface area contributed by atoms with E-state index in [4.69, 9.17) is 4.99 Å². The van der Waals surface area contributed by atoms with Gasteiger partial charge in [0, 0.05) is 11.8 Å². The van der Waals surface area contributed by atoms with Crippen LogP contribution in [0.1, 0.15) is 54.5 Å². The molecular weight excluding hydrogens is 438 g/mol. The summed E-state index contributed by atoms with van der Waals surface area (Å²) in [4.78, 5) is 5.07. The molecule has 0 aromatic heterocycles. The number of rotatable bonds is 6. The number of hydrazine groups is 1. The Morgan fingerprint density at radius 2 is 1.67 bits per heavy atom. The highest BCUT2D eigenvalue weighted by Gasteiger charge is 2.40.